The molecule has 1 fully saturated rings. The monoisotopic (exact) mass is 494 g/mol. The quantitative estimate of drug-likeness (QED) is 0.377. The Bertz CT molecular complexity index is 1500. The zero-order chi connectivity index (χ0) is 25.4. The minimum Gasteiger partial charge on any atom is -0.496 e. The molecule has 1 amide bonds. The van der Waals surface area contributed by atoms with Gasteiger partial charge in [0.15, 0.2) is 5.82 Å². The number of benzene rings is 2. The van der Waals surface area contributed by atoms with Gasteiger partial charge in [-0.05, 0) is 55.2 Å². The molecule has 2 heterocycles. The molecule has 1 saturated carbocycles. The molecule has 0 bridgehead atoms. The summed E-state index contributed by atoms with van der Waals surface area (Å²) >= 11 is 0. The Morgan fingerprint density at radius 1 is 1.25 bits per heavy atom. The standard InChI is InChI=1S/C25H24F2N6O3/c1-36-19-10-7-14(26)11-17(19)24(34)29-12-13-5-8-15(9-6-13)33-22-20(25(35)31-30-23(22)28)21(32-33)16-3-2-4-18(16)27/h5-11,16,18H,2-4,12H2,1H3,(H2,28,30)(H,29,34)(H,31,35)/t16-,18-/m0/s1. The number of anilines is 1. The van der Waals surface area contributed by atoms with E-state index in [9.17, 15) is 18.4 Å². The molecular formula is C25H24F2N6O3. The van der Waals surface area contributed by atoms with Gasteiger partial charge >= 0.3 is 0 Å². The van der Waals surface area contributed by atoms with E-state index in [0.717, 1.165) is 18.1 Å². The number of alkyl halides is 1. The normalized spacial score (nSPS) is 17.4. The molecule has 0 radical (unpaired) electrons. The van der Waals surface area contributed by atoms with Gasteiger partial charge in [-0.3, -0.25) is 9.59 Å². The number of rotatable bonds is 6. The molecule has 0 spiro atoms. The number of halogens is 2. The molecule has 1 aliphatic rings. The maximum atomic E-state index is 14.6. The predicted molar refractivity (Wildman–Crippen MR) is 130 cm³/mol. The third-order valence-corrected chi connectivity index (χ3v) is 6.48. The average molecular weight is 495 g/mol. The van der Waals surface area contributed by atoms with Crippen molar-refractivity contribution in [1.82, 2.24) is 25.3 Å². The summed E-state index contributed by atoms with van der Waals surface area (Å²) in [4.78, 5) is 25.2. The molecule has 2 aromatic heterocycles. The summed E-state index contributed by atoms with van der Waals surface area (Å²) in [6, 6.07) is 10.8. The maximum Gasteiger partial charge on any atom is 0.275 e. The van der Waals surface area contributed by atoms with Crippen LogP contribution in [-0.4, -0.2) is 39.2 Å². The molecule has 0 aliphatic heterocycles. The lowest BCUT2D eigenvalue weighted by atomic mass is 10.0. The molecule has 0 saturated heterocycles. The van der Waals surface area contributed by atoms with E-state index < -0.39 is 29.4 Å². The van der Waals surface area contributed by atoms with Gasteiger partial charge < -0.3 is 15.8 Å². The van der Waals surface area contributed by atoms with Crippen LogP contribution in [0.25, 0.3) is 16.6 Å². The number of ether oxygens (including phenoxy) is 1. The highest BCUT2D eigenvalue weighted by Gasteiger charge is 2.34. The number of fused-ring (bicyclic) bond motifs is 1. The first-order valence-electron chi connectivity index (χ1n) is 11.5. The summed E-state index contributed by atoms with van der Waals surface area (Å²) in [5, 5.41) is 13.8. The largest absolute Gasteiger partial charge is 0.496 e. The Labute approximate surface area is 204 Å². The highest BCUT2D eigenvalue weighted by molar-refractivity contribution is 5.97. The third-order valence-electron chi connectivity index (χ3n) is 6.48. The molecule has 0 unspecified atom stereocenters. The second kappa shape index (κ2) is 9.40. The number of hydrogen-bond acceptors (Lipinski definition) is 6. The first kappa shape index (κ1) is 23.5. The van der Waals surface area contributed by atoms with Crippen LogP contribution in [0.2, 0.25) is 0 Å². The number of aromatic nitrogens is 4. The number of carbonyl (C=O) groups excluding carboxylic acids is 1. The van der Waals surface area contributed by atoms with Gasteiger partial charge in [-0.25, -0.2) is 18.6 Å². The van der Waals surface area contributed by atoms with Gasteiger partial charge in [-0.15, -0.1) is 0 Å². The number of nitrogen functional groups attached to an aromatic ring is 1. The topological polar surface area (TPSA) is 128 Å². The van der Waals surface area contributed by atoms with Crippen LogP contribution in [0.3, 0.4) is 0 Å². The van der Waals surface area contributed by atoms with Crippen LogP contribution in [0, 0.1) is 5.82 Å². The van der Waals surface area contributed by atoms with E-state index in [0.29, 0.717) is 29.7 Å². The average Bonchev–Trinajstić information content (AvgIpc) is 3.49. The fourth-order valence-electron chi connectivity index (χ4n) is 4.67. The second-order valence-electron chi connectivity index (χ2n) is 8.71. The number of hydrogen-bond donors (Lipinski definition) is 3. The van der Waals surface area contributed by atoms with Crippen LogP contribution in [0.5, 0.6) is 5.75 Å². The van der Waals surface area contributed by atoms with E-state index in [-0.39, 0.29) is 29.1 Å². The summed E-state index contributed by atoms with van der Waals surface area (Å²) < 4.78 is 34.8. The van der Waals surface area contributed by atoms with Gasteiger partial charge in [0.05, 0.1) is 29.4 Å². The Morgan fingerprint density at radius 2 is 2.03 bits per heavy atom. The molecule has 5 rings (SSSR count). The van der Waals surface area contributed by atoms with E-state index in [4.69, 9.17) is 10.5 Å². The number of amides is 1. The molecule has 2 atom stereocenters. The number of aromatic amines is 1. The first-order chi connectivity index (χ1) is 17.4. The summed E-state index contributed by atoms with van der Waals surface area (Å²) in [5.41, 5.74) is 7.79. The van der Waals surface area contributed by atoms with Crippen molar-refractivity contribution >= 4 is 22.6 Å². The molecule has 2 aromatic carbocycles. The lowest BCUT2D eigenvalue weighted by molar-refractivity contribution is 0.0947. The fraction of sp³-hybridized carbons (Fsp3) is 0.280. The molecule has 4 N–H and O–H groups in total. The second-order valence-corrected chi connectivity index (χ2v) is 8.71. The molecule has 36 heavy (non-hydrogen) atoms. The van der Waals surface area contributed by atoms with Crippen LogP contribution in [-0.2, 0) is 6.54 Å². The smallest absolute Gasteiger partial charge is 0.275 e. The Morgan fingerprint density at radius 3 is 2.72 bits per heavy atom. The number of H-pyrrole nitrogens is 1. The molecule has 186 valence electrons. The van der Waals surface area contributed by atoms with Gasteiger partial charge in [0, 0.05) is 12.5 Å². The number of carbonyl (C=O) groups is 1. The van der Waals surface area contributed by atoms with Crippen molar-refractivity contribution in [2.24, 2.45) is 0 Å². The van der Waals surface area contributed by atoms with Crippen LogP contribution < -0.4 is 21.3 Å². The lowest BCUT2D eigenvalue weighted by Gasteiger charge is -2.10. The van der Waals surface area contributed by atoms with Crippen molar-refractivity contribution < 1.29 is 18.3 Å². The third kappa shape index (κ3) is 4.16. The van der Waals surface area contributed by atoms with Gasteiger partial charge in [0.25, 0.3) is 11.5 Å². The SMILES string of the molecule is COc1ccc(F)cc1C(=O)NCc1ccc(-n2nc([C@H]3CCC[C@@H]3F)c3c(=O)[nH]nc(N)c32)cc1. The van der Waals surface area contributed by atoms with Gasteiger partial charge in [-0.2, -0.15) is 10.2 Å². The predicted octanol–water partition coefficient (Wildman–Crippen LogP) is 3.37. The van der Waals surface area contributed by atoms with Crippen LogP contribution in [0.4, 0.5) is 14.6 Å². The number of nitrogens with two attached hydrogens (primary N) is 1. The van der Waals surface area contributed by atoms with Gasteiger partial charge in [0.2, 0.25) is 0 Å². The molecule has 4 aromatic rings. The van der Waals surface area contributed by atoms with Crippen molar-refractivity contribution in [2.45, 2.75) is 37.9 Å². The minimum atomic E-state index is -1.08. The first-order valence-corrected chi connectivity index (χ1v) is 11.5. The zero-order valence-corrected chi connectivity index (χ0v) is 19.4. The van der Waals surface area contributed by atoms with Crippen LogP contribution >= 0.6 is 0 Å². The van der Waals surface area contributed by atoms with E-state index in [1.807, 2.05) is 0 Å². The van der Waals surface area contributed by atoms with Crippen LogP contribution in [0.1, 0.15) is 46.8 Å². The van der Waals surface area contributed by atoms with E-state index in [1.165, 1.54) is 23.9 Å². The summed E-state index contributed by atoms with van der Waals surface area (Å²) in [7, 11) is 1.41. The van der Waals surface area contributed by atoms with E-state index >= 15 is 0 Å². The Hall–Kier alpha value is -4.28. The maximum absolute atomic E-state index is 14.6. The Balaban J connectivity index is 1.42. The fourth-order valence-corrected chi connectivity index (χ4v) is 4.67. The molecular weight excluding hydrogens is 470 g/mol. The zero-order valence-electron chi connectivity index (χ0n) is 19.4. The van der Waals surface area contributed by atoms with Crippen LogP contribution in [0.15, 0.2) is 47.3 Å². The Kier molecular flexibility index (Phi) is 6.13. The highest BCUT2D eigenvalue weighted by atomic mass is 19.1. The molecule has 1 aliphatic carbocycles. The van der Waals surface area contributed by atoms with E-state index in [2.05, 4.69) is 20.6 Å². The number of nitrogens with zero attached hydrogens (tertiary/aromatic N) is 3. The van der Waals surface area contributed by atoms with Crippen molar-refractivity contribution in [1.29, 1.82) is 0 Å². The van der Waals surface area contributed by atoms with Crippen molar-refractivity contribution in [3.05, 3.63) is 75.5 Å². The summed E-state index contributed by atoms with van der Waals surface area (Å²) in [6.45, 7) is 0.179. The summed E-state index contributed by atoms with van der Waals surface area (Å²) in [5.74, 6) is -1.15. The van der Waals surface area contributed by atoms with Gasteiger partial charge in [0.1, 0.15) is 23.3 Å². The van der Waals surface area contributed by atoms with Gasteiger partial charge in [-0.1, -0.05) is 12.1 Å². The van der Waals surface area contributed by atoms with Crippen molar-refractivity contribution in [3.63, 3.8) is 0 Å². The van der Waals surface area contributed by atoms with Crippen molar-refractivity contribution in [3.8, 4) is 11.4 Å². The molecule has 9 nitrogen and oxygen atoms in total. The van der Waals surface area contributed by atoms with E-state index in [1.54, 1.807) is 24.3 Å². The summed E-state index contributed by atoms with van der Waals surface area (Å²) in [6.07, 6.45) is 0.678. The lowest BCUT2D eigenvalue weighted by Crippen LogP contribution is -2.23. The van der Waals surface area contributed by atoms with Crippen molar-refractivity contribution in [2.75, 3.05) is 12.8 Å². The number of methoxy groups -OCH3 is 1. The molecule has 11 heteroatoms. The number of nitrogens with one attached hydrogen (secondary N) is 2. The highest BCUT2D eigenvalue weighted by Crippen LogP contribution is 2.39. The minimum absolute atomic E-state index is 0.0807.